The van der Waals surface area contributed by atoms with Gasteiger partial charge in [0.05, 0.1) is 25.3 Å². The lowest BCUT2D eigenvalue weighted by molar-refractivity contribution is 0.0680. The largest absolute Gasteiger partial charge is 0.507 e. The van der Waals surface area contributed by atoms with Crippen molar-refractivity contribution in [2.45, 2.75) is 183 Å². The summed E-state index contributed by atoms with van der Waals surface area (Å²) in [5.41, 5.74) is 0.556. The molecule has 0 aliphatic carbocycles. The number of fused-ring (bicyclic) bond motifs is 2. The minimum Gasteiger partial charge on any atom is -0.507 e. The van der Waals surface area contributed by atoms with Crippen LogP contribution in [0.2, 0.25) is 0 Å². The second kappa shape index (κ2) is 39.5. The fourth-order valence-corrected chi connectivity index (χ4v) is 11.6. The predicted molar refractivity (Wildman–Crippen MR) is 388 cm³/mol. The lowest BCUT2D eigenvalue weighted by Gasteiger charge is -2.21. The first-order valence-electron chi connectivity index (χ1n) is 35.0. The molecule has 8 N–H and O–H groups in total. The summed E-state index contributed by atoms with van der Waals surface area (Å²) in [5.74, 6) is -9.09. The Bertz CT molecular complexity index is 3970. The number of methoxy groups -OCH3 is 2. The van der Waals surface area contributed by atoms with Crippen molar-refractivity contribution in [1.29, 1.82) is 0 Å². The van der Waals surface area contributed by atoms with Gasteiger partial charge in [0.25, 0.3) is 11.8 Å². The number of rotatable bonds is 35. The maximum atomic E-state index is 13.2. The first-order chi connectivity index (χ1) is 49.4. The standard InChI is InChI=1S/2C27H35NO8.C25H28O7/c2*1-6-8-10-11-17-23(27(33)34)20(30)15-21(31)25(17)36-22-14-16(35-5)13-18(19(29)12-9-7-2)24(22)26(32)28(3)4;1-4-6-8-9-15-21(24(28)29)18(27)13-20-23(15)31-19-12-14(3)11-16(17(26)10-7-5-2)22(19)25(30)32-20/h2*13-15,30-31H,6-12H2,1-5H3,(H,33,34);11-13,27H,4-10H2,1-3H3,(H,28,29). The molecule has 1 aliphatic rings. The van der Waals surface area contributed by atoms with Crippen LogP contribution in [-0.4, -0.2) is 146 Å². The molecule has 2 amide bonds. The quantitative estimate of drug-likeness (QED) is 0.00793. The van der Waals surface area contributed by atoms with Gasteiger partial charge >= 0.3 is 23.9 Å². The summed E-state index contributed by atoms with van der Waals surface area (Å²) in [7, 11) is 8.95. The molecule has 0 saturated heterocycles. The third-order valence-corrected chi connectivity index (χ3v) is 17.1. The Hall–Kier alpha value is -10.9. The third kappa shape index (κ3) is 20.9. The van der Waals surface area contributed by atoms with Crippen LogP contribution in [-0.2, 0) is 19.3 Å². The Morgan fingerprint density at radius 2 is 0.760 bits per heavy atom. The first kappa shape index (κ1) is 83.8. The SMILES string of the molecule is CCCCCc1c(Oc2cc(OC)cc(C(=O)CCCC)c2C(=O)N(C)C)c(O)cc(O)c1C(=O)O.CCCCCc1c(Oc2cc(OC)cc(C(=O)CCCC)c2C(=O)N(C)C)c(O)cc(O)c1C(=O)O.CCCCCc1c2c(cc(O)c1C(=O)O)OC(=O)c1c(cc(C)cc1C(=O)CCCC)O2. The van der Waals surface area contributed by atoms with Crippen molar-refractivity contribution in [1.82, 2.24) is 9.80 Å². The van der Waals surface area contributed by atoms with Gasteiger partial charge < -0.3 is 79.1 Å². The molecule has 25 heteroatoms. The lowest BCUT2D eigenvalue weighted by atomic mass is 9.96. The fourth-order valence-electron chi connectivity index (χ4n) is 11.6. The number of carbonyl (C=O) groups is 9. The molecule has 1 heterocycles. The smallest absolute Gasteiger partial charge is 0.348 e. The number of hydrogen-bond acceptors (Lipinski definition) is 20. The van der Waals surface area contributed by atoms with Crippen molar-refractivity contribution < 1.29 is 112 Å². The zero-order valence-corrected chi connectivity index (χ0v) is 61.6. The van der Waals surface area contributed by atoms with E-state index in [-0.39, 0.29) is 162 Å². The molecule has 6 aromatic rings. The van der Waals surface area contributed by atoms with Crippen molar-refractivity contribution >= 4 is 53.0 Å². The van der Waals surface area contributed by atoms with Gasteiger partial charge in [-0.3, -0.25) is 24.0 Å². The summed E-state index contributed by atoms with van der Waals surface area (Å²) < 4.78 is 34.4. The number of ether oxygens (including phenoxy) is 6. The molecule has 0 aromatic heterocycles. The zero-order chi connectivity index (χ0) is 77.4. The van der Waals surface area contributed by atoms with E-state index in [1.54, 1.807) is 19.1 Å². The van der Waals surface area contributed by atoms with E-state index in [1.807, 2.05) is 41.5 Å². The van der Waals surface area contributed by atoms with Crippen LogP contribution in [0.1, 0.15) is 273 Å². The van der Waals surface area contributed by atoms with E-state index in [4.69, 9.17) is 28.4 Å². The minimum absolute atomic E-state index is 0.0174. The summed E-state index contributed by atoms with van der Waals surface area (Å²) >= 11 is 0. The average molecular weight is 1440 g/mol. The van der Waals surface area contributed by atoms with E-state index >= 15 is 0 Å². The Kier molecular flexibility index (Phi) is 31.9. The number of aromatic carboxylic acids is 3. The molecule has 0 fully saturated rings. The number of aryl methyl sites for hydroxylation is 1. The number of ketones is 3. The molecule has 6 aromatic carbocycles. The van der Waals surface area contributed by atoms with Gasteiger partial charge in [-0.15, -0.1) is 0 Å². The molecule has 0 atom stereocenters. The van der Waals surface area contributed by atoms with Gasteiger partial charge in [0.2, 0.25) is 0 Å². The second-order valence-electron chi connectivity index (χ2n) is 25.5. The summed E-state index contributed by atoms with van der Waals surface area (Å²) in [6.45, 7) is 13.7. The zero-order valence-electron chi connectivity index (χ0n) is 61.6. The molecule has 0 bridgehead atoms. The third-order valence-electron chi connectivity index (χ3n) is 17.1. The number of carbonyl (C=O) groups excluding carboxylic acids is 6. The summed E-state index contributed by atoms with van der Waals surface area (Å²) in [4.78, 5) is 117. The monoisotopic (exact) mass is 1440 g/mol. The predicted octanol–water partition coefficient (Wildman–Crippen LogP) is 16.6. The number of phenolic OH excluding ortho intramolecular Hbond substituents is 2. The van der Waals surface area contributed by atoms with Crippen LogP contribution in [0.5, 0.6) is 80.5 Å². The van der Waals surface area contributed by atoms with Crippen LogP contribution in [0, 0.1) is 6.92 Å². The van der Waals surface area contributed by atoms with E-state index in [1.165, 1.54) is 76.5 Å². The van der Waals surface area contributed by atoms with E-state index in [9.17, 15) is 84.0 Å². The molecule has 0 saturated carbocycles. The van der Waals surface area contributed by atoms with Gasteiger partial charge in [-0.25, -0.2) is 19.2 Å². The van der Waals surface area contributed by atoms with Crippen LogP contribution in [0.3, 0.4) is 0 Å². The van der Waals surface area contributed by atoms with E-state index in [2.05, 4.69) is 0 Å². The van der Waals surface area contributed by atoms with Crippen LogP contribution in [0.15, 0.2) is 54.6 Å². The van der Waals surface area contributed by atoms with E-state index in [0.717, 1.165) is 81.5 Å². The van der Waals surface area contributed by atoms with Crippen LogP contribution < -0.4 is 28.4 Å². The number of aromatic hydroxyl groups is 5. The molecule has 562 valence electrons. The van der Waals surface area contributed by atoms with Gasteiger partial charge in [-0.1, -0.05) is 99.3 Å². The Morgan fingerprint density at radius 1 is 0.404 bits per heavy atom. The Morgan fingerprint density at radius 3 is 1.12 bits per heavy atom. The molecule has 104 heavy (non-hydrogen) atoms. The van der Waals surface area contributed by atoms with Crippen LogP contribution in [0.25, 0.3) is 0 Å². The number of amides is 2. The summed E-state index contributed by atoms with van der Waals surface area (Å²) in [5, 5.41) is 81.5. The molecule has 1 aliphatic heterocycles. The van der Waals surface area contributed by atoms with Crippen LogP contribution in [0.4, 0.5) is 0 Å². The molecular formula is C79H98N2O23. The number of benzene rings is 6. The number of hydrogen-bond donors (Lipinski definition) is 8. The number of esters is 1. The molecular weight excluding hydrogens is 1340 g/mol. The molecule has 0 unspecified atom stereocenters. The van der Waals surface area contributed by atoms with Gasteiger partial charge in [0.15, 0.2) is 51.8 Å². The highest BCUT2D eigenvalue weighted by Gasteiger charge is 2.35. The maximum Gasteiger partial charge on any atom is 0.348 e. The number of Topliss-reactive ketones (excluding diaryl/α,β-unsaturated/α-hetero) is 3. The molecule has 0 radical (unpaired) electrons. The Labute approximate surface area is 605 Å². The molecule has 7 rings (SSSR count). The van der Waals surface area contributed by atoms with Crippen molar-refractivity contribution in [3.63, 3.8) is 0 Å². The maximum absolute atomic E-state index is 13.2. The van der Waals surface area contributed by atoms with Gasteiger partial charge in [-0.05, 0) is 94.5 Å². The van der Waals surface area contributed by atoms with Gasteiger partial charge in [-0.2, -0.15) is 0 Å². The average Bonchev–Trinajstić information content (AvgIpc) is 1.04. The minimum atomic E-state index is -1.38. The summed E-state index contributed by atoms with van der Waals surface area (Å²) in [6.07, 6.45) is 12.7. The topological polar surface area (TPSA) is 377 Å². The van der Waals surface area contributed by atoms with Crippen molar-refractivity contribution in [2.75, 3.05) is 42.4 Å². The normalized spacial score (nSPS) is 11.2. The number of nitrogens with zero attached hydrogens (tertiary/aromatic N) is 2. The molecule has 25 nitrogen and oxygen atoms in total. The first-order valence-corrected chi connectivity index (χ1v) is 35.0. The summed E-state index contributed by atoms with van der Waals surface area (Å²) in [6, 6.07) is 11.9. The highest BCUT2D eigenvalue weighted by Crippen LogP contribution is 2.49. The van der Waals surface area contributed by atoms with Crippen molar-refractivity contribution in [3.8, 4) is 80.5 Å². The molecule has 0 spiro atoms. The number of unbranched alkanes of at least 4 members (excludes halogenated alkanes) is 9. The van der Waals surface area contributed by atoms with Gasteiger partial charge in [0, 0.05) is 111 Å². The van der Waals surface area contributed by atoms with Gasteiger partial charge in [0.1, 0.15) is 68.2 Å². The highest BCUT2D eigenvalue weighted by molar-refractivity contribution is 6.12. The highest BCUT2D eigenvalue weighted by atomic mass is 16.6. The Balaban J connectivity index is 0.000000281. The number of carboxylic acids is 3. The van der Waals surface area contributed by atoms with Crippen LogP contribution >= 0.6 is 0 Å². The van der Waals surface area contributed by atoms with E-state index in [0.29, 0.717) is 51.4 Å². The van der Waals surface area contributed by atoms with Crippen molar-refractivity contribution in [3.05, 3.63) is 127 Å². The van der Waals surface area contributed by atoms with Crippen molar-refractivity contribution in [2.24, 2.45) is 0 Å². The lowest BCUT2D eigenvalue weighted by Crippen LogP contribution is -2.25. The van der Waals surface area contributed by atoms with E-state index < -0.39 is 64.4 Å². The number of carboxylic acid groups (broad SMARTS) is 3. The fraction of sp³-hybridized carbons (Fsp3) is 0.430. The second-order valence-corrected chi connectivity index (χ2v) is 25.5. The number of phenols is 5.